The van der Waals surface area contributed by atoms with Crippen LogP contribution in [0, 0.1) is 3.57 Å². The van der Waals surface area contributed by atoms with Crippen LogP contribution in [0.3, 0.4) is 0 Å². The lowest BCUT2D eigenvalue weighted by Crippen LogP contribution is -2.14. The number of aromatic nitrogens is 4. The number of aromatic amines is 2. The molecular formula is C11H11IN4O. The van der Waals surface area contributed by atoms with Gasteiger partial charge in [-0.15, -0.1) is 0 Å². The third kappa shape index (κ3) is 1.91. The van der Waals surface area contributed by atoms with Gasteiger partial charge in [-0.25, -0.2) is 4.98 Å². The number of rotatable bonds is 2. The summed E-state index contributed by atoms with van der Waals surface area (Å²) < 4.78 is 6.37. The first-order valence-electron chi connectivity index (χ1n) is 5.27. The first kappa shape index (κ1) is 11.0. The standard InChI is InChI=1S/C11H11IN4O/c1-17-6-2-3-8-9(4-6)15-11(14-8)10-7(12)5-13-16-10/h2-3,5-6H,4H2,1H3,(H,13,16)(H,14,15). The molecule has 1 aliphatic rings. The van der Waals surface area contributed by atoms with E-state index in [1.54, 1.807) is 7.11 Å². The number of methoxy groups -OCH3 is 1. The van der Waals surface area contributed by atoms with Crippen molar-refractivity contribution < 1.29 is 4.74 Å². The molecule has 0 saturated carbocycles. The molecule has 1 atom stereocenters. The van der Waals surface area contributed by atoms with E-state index in [1.807, 2.05) is 18.3 Å². The van der Waals surface area contributed by atoms with Gasteiger partial charge in [0.25, 0.3) is 0 Å². The van der Waals surface area contributed by atoms with E-state index in [9.17, 15) is 0 Å². The van der Waals surface area contributed by atoms with E-state index in [2.05, 4.69) is 42.8 Å². The van der Waals surface area contributed by atoms with Crippen LogP contribution in [0.2, 0.25) is 0 Å². The van der Waals surface area contributed by atoms with Crippen LogP contribution < -0.4 is 0 Å². The monoisotopic (exact) mass is 342 g/mol. The van der Waals surface area contributed by atoms with Gasteiger partial charge < -0.3 is 9.72 Å². The number of hydrogen-bond acceptors (Lipinski definition) is 3. The van der Waals surface area contributed by atoms with Crippen LogP contribution in [0.1, 0.15) is 11.4 Å². The molecule has 0 fully saturated rings. The van der Waals surface area contributed by atoms with Crippen molar-refractivity contribution in [3.63, 3.8) is 0 Å². The molecule has 2 heterocycles. The largest absolute Gasteiger partial charge is 0.377 e. The summed E-state index contributed by atoms with van der Waals surface area (Å²) in [5.41, 5.74) is 2.95. The highest BCUT2D eigenvalue weighted by Gasteiger charge is 2.19. The molecular weight excluding hydrogens is 331 g/mol. The normalized spacial score (nSPS) is 18.4. The number of imidazole rings is 1. The zero-order valence-electron chi connectivity index (χ0n) is 9.20. The van der Waals surface area contributed by atoms with Crippen LogP contribution in [-0.2, 0) is 11.2 Å². The maximum atomic E-state index is 5.31. The van der Waals surface area contributed by atoms with Gasteiger partial charge in [0.05, 0.1) is 15.4 Å². The van der Waals surface area contributed by atoms with E-state index < -0.39 is 0 Å². The average molecular weight is 342 g/mol. The Hall–Kier alpha value is -1.15. The lowest BCUT2D eigenvalue weighted by atomic mass is 10.1. The van der Waals surface area contributed by atoms with Crippen LogP contribution in [0.25, 0.3) is 17.6 Å². The average Bonchev–Trinajstić information content (AvgIpc) is 2.93. The highest BCUT2D eigenvalue weighted by Crippen LogP contribution is 2.25. The van der Waals surface area contributed by atoms with Crippen molar-refractivity contribution in [2.75, 3.05) is 7.11 Å². The van der Waals surface area contributed by atoms with E-state index in [1.165, 1.54) is 0 Å². The predicted octanol–water partition coefficient (Wildman–Crippen LogP) is 1.99. The van der Waals surface area contributed by atoms with Crippen molar-refractivity contribution in [2.24, 2.45) is 0 Å². The molecule has 0 saturated heterocycles. The Kier molecular flexibility index (Phi) is 2.75. The fourth-order valence-corrected chi connectivity index (χ4v) is 2.41. The zero-order valence-corrected chi connectivity index (χ0v) is 11.4. The van der Waals surface area contributed by atoms with Crippen LogP contribution in [-0.4, -0.2) is 33.4 Å². The predicted molar refractivity (Wildman–Crippen MR) is 72.4 cm³/mol. The summed E-state index contributed by atoms with van der Waals surface area (Å²) in [7, 11) is 1.72. The smallest absolute Gasteiger partial charge is 0.159 e. The molecule has 0 amide bonds. The summed E-state index contributed by atoms with van der Waals surface area (Å²) in [6.07, 6.45) is 6.84. The van der Waals surface area contributed by atoms with Crippen molar-refractivity contribution >= 4 is 28.7 Å². The number of nitrogens with zero attached hydrogens (tertiary/aromatic N) is 2. The SMILES string of the molecule is COC1C=Cc2nc(-c3n[nH]cc3I)[nH]c2C1. The van der Waals surface area contributed by atoms with E-state index in [0.29, 0.717) is 0 Å². The number of halogens is 1. The Labute approximate surface area is 112 Å². The van der Waals surface area contributed by atoms with Gasteiger partial charge in [0.15, 0.2) is 5.82 Å². The maximum absolute atomic E-state index is 5.31. The van der Waals surface area contributed by atoms with Crippen LogP contribution in [0.5, 0.6) is 0 Å². The summed E-state index contributed by atoms with van der Waals surface area (Å²) in [6, 6.07) is 0. The Morgan fingerprint density at radius 3 is 3.12 bits per heavy atom. The van der Waals surface area contributed by atoms with Crippen LogP contribution in [0.4, 0.5) is 0 Å². The fourth-order valence-electron chi connectivity index (χ4n) is 1.90. The van der Waals surface area contributed by atoms with E-state index in [0.717, 1.165) is 32.9 Å². The molecule has 17 heavy (non-hydrogen) atoms. The summed E-state index contributed by atoms with van der Waals surface area (Å²) in [4.78, 5) is 7.85. The van der Waals surface area contributed by atoms with E-state index >= 15 is 0 Å². The van der Waals surface area contributed by atoms with Crippen molar-refractivity contribution in [1.82, 2.24) is 20.2 Å². The van der Waals surface area contributed by atoms with Gasteiger partial charge in [-0.2, -0.15) is 5.10 Å². The van der Waals surface area contributed by atoms with Crippen LogP contribution in [0.15, 0.2) is 12.3 Å². The summed E-state index contributed by atoms with van der Waals surface area (Å²) in [5, 5.41) is 7.02. The second-order valence-electron chi connectivity index (χ2n) is 3.87. The summed E-state index contributed by atoms with van der Waals surface area (Å²) >= 11 is 2.23. The molecule has 0 aliphatic heterocycles. The first-order chi connectivity index (χ1) is 8.28. The van der Waals surface area contributed by atoms with Crippen molar-refractivity contribution in [1.29, 1.82) is 0 Å². The Balaban J connectivity index is 1.99. The fraction of sp³-hybridized carbons (Fsp3) is 0.273. The molecule has 0 radical (unpaired) electrons. The summed E-state index contributed by atoms with van der Waals surface area (Å²) in [6.45, 7) is 0. The van der Waals surface area contributed by atoms with Crippen molar-refractivity contribution in [2.45, 2.75) is 12.5 Å². The number of fused-ring (bicyclic) bond motifs is 1. The number of ether oxygens (including phenoxy) is 1. The topological polar surface area (TPSA) is 66.6 Å². The van der Waals surface area contributed by atoms with Gasteiger partial charge in [0, 0.05) is 25.4 Å². The molecule has 0 spiro atoms. The molecule has 6 heteroatoms. The molecule has 88 valence electrons. The van der Waals surface area contributed by atoms with Gasteiger partial charge in [0.1, 0.15) is 5.69 Å². The number of hydrogen-bond donors (Lipinski definition) is 2. The lowest BCUT2D eigenvalue weighted by molar-refractivity contribution is 0.140. The molecule has 5 nitrogen and oxygen atoms in total. The zero-order chi connectivity index (χ0) is 11.8. The minimum atomic E-state index is 0.133. The molecule has 0 aromatic carbocycles. The molecule has 2 N–H and O–H groups in total. The second kappa shape index (κ2) is 4.26. The highest BCUT2D eigenvalue weighted by molar-refractivity contribution is 14.1. The van der Waals surface area contributed by atoms with E-state index in [4.69, 9.17) is 4.74 Å². The number of H-pyrrole nitrogens is 2. The Morgan fingerprint density at radius 1 is 1.53 bits per heavy atom. The molecule has 3 rings (SSSR count). The Bertz CT molecular complexity index is 572. The number of nitrogens with one attached hydrogen (secondary N) is 2. The Morgan fingerprint density at radius 2 is 2.41 bits per heavy atom. The third-order valence-electron chi connectivity index (χ3n) is 2.81. The van der Waals surface area contributed by atoms with Crippen LogP contribution >= 0.6 is 22.6 Å². The first-order valence-corrected chi connectivity index (χ1v) is 6.35. The van der Waals surface area contributed by atoms with Gasteiger partial charge >= 0.3 is 0 Å². The van der Waals surface area contributed by atoms with E-state index in [-0.39, 0.29) is 6.10 Å². The van der Waals surface area contributed by atoms with Gasteiger partial charge in [-0.3, -0.25) is 5.10 Å². The minimum Gasteiger partial charge on any atom is -0.377 e. The van der Waals surface area contributed by atoms with Gasteiger partial charge in [-0.1, -0.05) is 6.08 Å². The third-order valence-corrected chi connectivity index (χ3v) is 3.63. The quantitative estimate of drug-likeness (QED) is 0.821. The molecule has 2 aromatic heterocycles. The molecule has 1 unspecified atom stereocenters. The lowest BCUT2D eigenvalue weighted by Gasteiger charge is -2.13. The maximum Gasteiger partial charge on any atom is 0.159 e. The van der Waals surface area contributed by atoms with Gasteiger partial charge in [-0.05, 0) is 28.7 Å². The second-order valence-corrected chi connectivity index (χ2v) is 5.03. The van der Waals surface area contributed by atoms with Crippen molar-refractivity contribution in [3.05, 3.63) is 27.2 Å². The molecule has 1 aliphatic carbocycles. The summed E-state index contributed by atoms with van der Waals surface area (Å²) in [5.74, 6) is 0.807. The van der Waals surface area contributed by atoms with Crippen molar-refractivity contribution in [3.8, 4) is 11.5 Å². The molecule has 0 bridgehead atoms. The van der Waals surface area contributed by atoms with Gasteiger partial charge in [0.2, 0.25) is 0 Å². The minimum absolute atomic E-state index is 0.133. The molecule has 2 aromatic rings. The highest BCUT2D eigenvalue weighted by atomic mass is 127.